The first-order chi connectivity index (χ1) is 15.2. The summed E-state index contributed by atoms with van der Waals surface area (Å²) in [6.07, 6.45) is 0.792. The van der Waals surface area contributed by atoms with Gasteiger partial charge in [0.2, 0.25) is 0 Å². The number of ether oxygens (including phenoxy) is 1. The van der Waals surface area contributed by atoms with Crippen LogP contribution in [0.4, 0.5) is 0 Å². The number of imidazole rings is 1. The zero-order valence-electron chi connectivity index (χ0n) is 17.4. The van der Waals surface area contributed by atoms with Gasteiger partial charge in [0.25, 0.3) is 6.01 Å². The van der Waals surface area contributed by atoms with Crippen molar-refractivity contribution in [3.05, 3.63) is 76.7 Å². The van der Waals surface area contributed by atoms with Crippen molar-refractivity contribution < 1.29 is 4.74 Å². The Kier molecular flexibility index (Phi) is 4.74. The highest BCUT2D eigenvalue weighted by Crippen LogP contribution is 2.25. The molecule has 0 saturated carbocycles. The van der Waals surface area contributed by atoms with Crippen LogP contribution >= 0.6 is 0 Å². The summed E-state index contributed by atoms with van der Waals surface area (Å²) < 4.78 is 11.1. The molecule has 2 aromatic carbocycles. The first kappa shape index (κ1) is 19.0. The minimum atomic E-state index is -0.207. The molecular formula is C23H22N6O2. The van der Waals surface area contributed by atoms with E-state index in [0.29, 0.717) is 41.8 Å². The van der Waals surface area contributed by atoms with E-state index in [1.807, 2.05) is 79.2 Å². The second kappa shape index (κ2) is 7.71. The van der Waals surface area contributed by atoms with Crippen LogP contribution in [0.2, 0.25) is 0 Å². The van der Waals surface area contributed by atoms with E-state index < -0.39 is 0 Å². The number of fused-ring (bicyclic) bond motifs is 3. The Labute approximate surface area is 178 Å². The molecule has 156 valence electrons. The van der Waals surface area contributed by atoms with Crippen molar-refractivity contribution in [3.63, 3.8) is 0 Å². The summed E-state index contributed by atoms with van der Waals surface area (Å²) in [6.45, 7) is 2.95. The van der Waals surface area contributed by atoms with E-state index in [1.165, 1.54) is 0 Å². The lowest BCUT2D eigenvalue weighted by molar-refractivity contribution is 0.273. The first-order valence-electron chi connectivity index (χ1n) is 10.3. The largest absolute Gasteiger partial charge is 0.460 e. The molecule has 0 unspecified atom stereocenters. The smallest absolute Gasteiger partial charge is 0.337 e. The minimum Gasteiger partial charge on any atom is -0.460 e. The Hall–Kier alpha value is -3.94. The van der Waals surface area contributed by atoms with Gasteiger partial charge in [0.05, 0.1) is 0 Å². The van der Waals surface area contributed by atoms with E-state index in [1.54, 1.807) is 8.97 Å². The molecule has 0 aliphatic carbocycles. The number of aromatic nitrogens is 6. The monoisotopic (exact) mass is 414 g/mol. The van der Waals surface area contributed by atoms with Gasteiger partial charge in [-0.3, -0.25) is 9.13 Å². The third-order valence-corrected chi connectivity index (χ3v) is 5.28. The number of rotatable bonds is 6. The molecular weight excluding hydrogens is 392 g/mol. The molecule has 3 heterocycles. The van der Waals surface area contributed by atoms with Gasteiger partial charge in [-0.1, -0.05) is 67.6 Å². The zero-order valence-corrected chi connectivity index (χ0v) is 17.4. The SMILES string of the molecule is CCCn1c(=O)n2c(-c3ccccc3)nnc2c2c1nc(OCc1ccccc1)n2C. The van der Waals surface area contributed by atoms with Crippen molar-refractivity contribution in [2.75, 3.05) is 0 Å². The van der Waals surface area contributed by atoms with E-state index in [-0.39, 0.29) is 5.69 Å². The summed E-state index contributed by atoms with van der Waals surface area (Å²) in [6, 6.07) is 19.9. The van der Waals surface area contributed by atoms with Crippen molar-refractivity contribution in [3.8, 4) is 17.4 Å². The minimum absolute atomic E-state index is 0.207. The van der Waals surface area contributed by atoms with E-state index in [4.69, 9.17) is 4.74 Å². The van der Waals surface area contributed by atoms with Crippen molar-refractivity contribution in [1.29, 1.82) is 0 Å². The van der Waals surface area contributed by atoms with Crippen LogP contribution in [0.3, 0.4) is 0 Å². The van der Waals surface area contributed by atoms with Gasteiger partial charge < -0.3 is 4.74 Å². The van der Waals surface area contributed by atoms with Crippen LogP contribution in [0.15, 0.2) is 65.5 Å². The predicted octanol–water partition coefficient (Wildman–Crippen LogP) is 3.43. The van der Waals surface area contributed by atoms with Crippen LogP contribution in [0.25, 0.3) is 28.2 Å². The molecule has 31 heavy (non-hydrogen) atoms. The van der Waals surface area contributed by atoms with Gasteiger partial charge in [0.15, 0.2) is 17.1 Å². The molecule has 0 aliphatic heterocycles. The lowest BCUT2D eigenvalue weighted by atomic mass is 10.2. The summed E-state index contributed by atoms with van der Waals surface area (Å²) in [5.41, 5.74) is 3.40. The molecule has 0 atom stereocenters. The van der Waals surface area contributed by atoms with Gasteiger partial charge in [0, 0.05) is 19.2 Å². The summed E-state index contributed by atoms with van der Waals surface area (Å²) in [5, 5.41) is 8.70. The van der Waals surface area contributed by atoms with Crippen molar-refractivity contribution in [2.24, 2.45) is 7.05 Å². The fourth-order valence-corrected chi connectivity index (χ4v) is 3.78. The van der Waals surface area contributed by atoms with Gasteiger partial charge in [-0.15, -0.1) is 10.2 Å². The third-order valence-electron chi connectivity index (χ3n) is 5.28. The molecule has 8 heteroatoms. The number of aryl methyl sites for hydroxylation is 2. The first-order valence-corrected chi connectivity index (χ1v) is 10.3. The maximum absolute atomic E-state index is 13.4. The molecule has 5 rings (SSSR count). The van der Waals surface area contributed by atoms with E-state index in [0.717, 1.165) is 17.5 Å². The van der Waals surface area contributed by atoms with Crippen molar-refractivity contribution in [1.82, 2.24) is 28.7 Å². The van der Waals surface area contributed by atoms with Crippen LogP contribution in [0.1, 0.15) is 18.9 Å². The average molecular weight is 414 g/mol. The van der Waals surface area contributed by atoms with Gasteiger partial charge in [-0.2, -0.15) is 4.98 Å². The van der Waals surface area contributed by atoms with E-state index in [9.17, 15) is 4.79 Å². The lowest BCUT2D eigenvalue weighted by Gasteiger charge is -2.08. The molecule has 0 spiro atoms. The van der Waals surface area contributed by atoms with Crippen LogP contribution in [0, 0.1) is 0 Å². The van der Waals surface area contributed by atoms with Gasteiger partial charge in [0.1, 0.15) is 12.1 Å². The van der Waals surface area contributed by atoms with Gasteiger partial charge >= 0.3 is 5.69 Å². The second-order valence-electron chi connectivity index (χ2n) is 7.38. The Morgan fingerprint density at radius 2 is 1.65 bits per heavy atom. The van der Waals surface area contributed by atoms with Crippen LogP contribution < -0.4 is 10.4 Å². The molecule has 0 saturated heterocycles. The molecule has 0 bridgehead atoms. The topological polar surface area (TPSA) is 79.2 Å². The second-order valence-corrected chi connectivity index (χ2v) is 7.38. The molecule has 5 aromatic rings. The van der Waals surface area contributed by atoms with Crippen LogP contribution in [-0.2, 0) is 20.2 Å². The maximum Gasteiger partial charge on any atom is 0.337 e. The van der Waals surface area contributed by atoms with Gasteiger partial charge in [-0.25, -0.2) is 9.20 Å². The highest BCUT2D eigenvalue weighted by Gasteiger charge is 2.23. The Bertz CT molecular complexity index is 1420. The standard InChI is InChI=1S/C23H22N6O2/c1-3-14-28-20-18(27(2)22(24-20)31-15-16-10-6-4-7-11-16)21-26-25-19(29(21)23(28)30)17-12-8-5-9-13-17/h4-13H,3,14-15H2,1-2H3. The summed E-state index contributed by atoms with van der Waals surface area (Å²) in [7, 11) is 1.87. The third kappa shape index (κ3) is 3.16. The number of benzene rings is 2. The number of nitrogens with zero attached hydrogens (tertiary/aromatic N) is 6. The lowest BCUT2D eigenvalue weighted by Crippen LogP contribution is -2.28. The summed E-state index contributed by atoms with van der Waals surface area (Å²) >= 11 is 0. The molecule has 0 N–H and O–H groups in total. The van der Waals surface area contributed by atoms with E-state index >= 15 is 0 Å². The Balaban J connectivity index is 1.71. The fraction of sp³-hybridized carbons (Fsp3) is 0.217. The van der Waals surface area contributed by atoms with Crippen molar-refractivity contribution in [2.45, 2.75) is 26.5 Å². The van der Waals surface area contributed by atoms with E-state index in [2.05, 4.69) is 15.2 Å². The Morgan fingerprint density at radius 3 is 2.35 bits per heavy atom. The van der Waals surface area contributed by atoms with Crippen molar-refractivity contribution >= 4 is 16.8 Å². The predicted molar refractivity (Wildman–Crippen MR) is 118 cm³/mol. The molecule has 0 fully saturated rings. The number of hydrogen-bond acceptors (Lipinski definition) is 5. The van der Waals surface area contributed by atoms with Crippen LogP contribution in [0.5, 0.6) is 6.01 Å². The maximum atomic E-state index is 13.4. The average Bonchev–Trinajstić information content (AvgIpc) is 3.38. The quantitative estimate of drug-likeness (QED) is 0.425. The summed E-state index contributed by atoms with van der Waals surface area (Å²) in [5.74, 6) is 0.514. The molecule has 3 aromatic heterocycles. The van der Waals surface area contributed by atoms with Crippen LogP contribution in [-0.4, -0.2) is 28.7 Å². The number of hydrogen-bond donors (Lipinski definition) is 0. The fourth-order valence-electron chi connectivity index (χ4n) is 3.78. The molecule has 0 amide bonds. The zero-order chi connectivity index (χ0) is 21.4. The molecule has 8 nitrogen and oxygen atoms in total. The molecule has 0 radical (unpaired) electrons. The normalized spacial score (nSPS) is 11.4. The highest BCUT2D eigenvalue weighted by atomic mass is 16.5. The Morgan fingerprint density at radius 1 is 0.935 bits per heavy atom. The molecule has 0 aliphatic rings. The van der Waals surface area contributed by atoms with Gasteiger partial charge in [-0.05, 0) is 12.0 Å². The summed E-state index contributed by atoms with van der Waals surface area (Å²) in [4.78, 5) is 18.1. The highest BCUT2D eigenvalue weighted by molar-refractivity contribution is 5.88.